The predicted octanol–water partition coefficient (Wildman–Crippen LogP) is 2.22. The zero-order valence-corrected chi connectivity index (χ0v) is 8.19. The summed E-state index contributed by atoms with van der Waals surface area (Å²) >= 11 is 0. The zero-order chi connectivity index (χ0) is 10.7. The third-order valence-corrected chi connectivity index (χ3v) is 2.53. The Morgan fingerprint density at radius 2 is 2.40 bits per heavy atom. The second kappa shape index (κ2) is 4.26. The number of halogens is 1. The summed E-state index contributed by atoms with van der Waals surface area (Å²) in [5.41, 5.74) is 0.358. The molecule has 0 N–H and O–H groups in total. The Morgan fingerprint density at radius 3 is 3.07 bits per heavy atom. The van der Waals surface area contributed by atoms with Gasteiger partial charge in [0.2, 0.25) is 5.88 Å². The van der Waals surface area contributed by atoms with Crippen LogP contribution in [0.25, 0.3) is 0 Å². The van der Waals surface area contributed by atoms with E-state index in [1.165, 1.54) is 0 Å². The Bertz CT molecular complexity index is 388. The van der Waals surface area contributed by atoms with Crippen molar-refractivity contribution in [3.05, 3.63) is 23.9 Å². The number of hydrogen-bond acceptors (Lipinski definition) is 3. The summed E-state index contributed by atoms with van der Waals surface area (Å²) in [6.07, 6.45) is 2.24. The number of ether oxygens (including phenoxy) is 1. The lowest BCUT2D eigenvalue weighted by Gasteiger charge is -2.15. The molecule has 0 aliphatic heterocycles. The van der Waals surface area contributed by atoms with Crippen molar-refractivity contribution < 1.29 is 9.13 Å². The van der Waals surface area contributed by atoms with Gasteiger partial charge < -0.3 is 4.74 Å². The fraction of sp³-hybridized carbons (Fsp3) is 0.455. The molecule has 1 fully saturated rings. The molecule has 15 heavy (non-hydrogen) atoms. The van der Waals surface area contributed by atoms with E-state index in [4.69, 9.17) is 10.00 Å². The molecule has 78 valence electrons. The van der Waals surface area contributed by atoms with Gasteiger partial charge in [-0.2, -0.15) is 5.26 Å². The molecule has 1 aromatic rings. The van der Waals surface area contributed by atoms with Gasteiger partial charge in [-0.05, 0) is 31.4 Å². The van der Waals surface area contributed by atoms with Gasteiger partial charge in [-0.3, -0.25) is 0 Å². The van der Waals surface area contributed by atoms with Gasteiger partial charge in [-0.1, -0.05) is 0 Å². The van der Waals surface area contributed by atoms with Crippen LogP contribution < -0.4 is 4.74 Å². The van der Waals surface area contributed by atoms with Crippen LogP contribution in [0.2, 0.25) is 0 Å². The van der Waals surface area contributed by atoms with E-state index in [1.807, 2.05) is 6.07 Å². The van der Waals surface area contributed by atoms with Gasteiger partial charge in [-0.15, -0.1) is 0 Å². The third-order valence-electron chi connectivity index (χ3n) is 2.53. The number of nitrogens with zero attached hydrogens (tertiary/aromatic N) is 2. The first-order valence-electron chi connectivity index (χ1n) is 4.97. The summed E-state index contributed by atoms with van der Waals surface area (Å²) in [6.45, 7) is 0. The molecule has 1 saturated carbocycles. The molecular formula is C11H11FN2O. The molecule has 1 aromatic heterocycles. The smallest absolute Gasteiger partial charge is 0.232 e. The normalized spacial score (nSPS) is 24.8. The number of alkyl halides is 1. The predicted molar refractivity (Wildman–Crippen MR) is 52.1 cm³/mol. The van der Waals surface area contributed by atoms with Crippen LogP contribution in [0, 0.1) is 11.3 Å². The number of pyridine rings is 1. The average molecular weight is 206 g/mol. The molecule has 0 aromatic carbocycles. The lowest BCUT2D eigenvalue weighted by molar-refractivity contribution is 0.120. The number of hydrogen-bond donors (Lipinski definition) is 0. The van der Waals surface area contributed by atoms with E-state index >= 15 is 0 Å². The molecule has 1 heterocycles. The van der Waals surface area contributed by atoms with Gasteiger partial charge in [0.15, 0.2) is 0 Å². The monoisotopic (exact) mass is 206 g/mol. The van der Waals surface area contributed by atoms with Crippen LogP contribution in [0.1, 0.15) is 24.8 Å². The molecule has 0 radical (unpaired) electrons. The van der Waals surface area contributed by atoms with Crippen molar-refractivity contribution >= 4 is 0 Å². The van der Waals surface area contributed by atoms with Crippen LogP contribution in [0.3, 0.4) is 0 Å². The molecular weight excluding hydrogens is 195 g/mol. The van der Waals surface area contributed by atoms with Crippen molar-refractivity contribution in [3.63, 3.8) is 0 Å². The fourth-order valence-corrected chi connectivity index (χ4v) is 1.73. The van der Waals surface area contributed by atoms with Gasteiger partial charge in [0.05, 0.1) is 0 Å². The molecule has 0 bridgehead atoms. The molecule has 3 nitrogen and oxygen atoms in total. The molecule has 1 aliphatic rings. The van der Waals surface area contributed by atoms with Crippen LogP contribution in [0.5, 0.6) is 5.88 Å². The van der Waals surface area contributed by atoms with Crippen molar-refractivity contribution in [1.29, 1.82) is 5.26 Å². The van der Waals surface area contributed by atoms with E-state index in [2.05, 4.69) is 4.98 Å². The van der Waals surface area contributed by atoms with Crippen LogP contribution >= 0.6 is 0 Å². The lowest BCUT2D eigenvalue weighted by atomic mass is 10.2. The maximum absolute atomic E-state index is 13.3. The number of nitriles is 1. The molecule has 2 rings (SSSR count). The van der Waals surface area contributed by atoms with Crippen molar-refractivity contribution in [2.75, 3.05) is 0 Å². The lowest BCUT2D eigenvalue weighted by Crippen LogP contribution is -2.23. The number of rotatable bonds is 2. The Hall–Kier alpha value is -1.63. The Kier molecular flexibility index (Phi) is 2.82. The van der Waals surface area contributed by atoms with Gasteiger partial charge in [-0.25, -0.2) is 9.37 Å². The maximum Gasteiger partial charge on any atom is 0.232 e. The molecule has 2 atom stereocenters. The van der Waals surface area contributed by atoms with E-state index in [0.29, 0.717) is 18.4 Å². The van der Waals surface area contributed by atoms with Gasteiger partial charge >= 0.3 is 0 Å². The first kappa shape index (κ1) is 9.91. The molecule has 0 unspecified atom stereocenters. The Labute approximate surface area is 87.5 Å². The van der Waals surface area contributed by atoms with Crippen LogP contribution in [0.4, 0.5) is 4.39 Å². The summed E-state index contributed by atoms with van der Waals surface area (Å²) in [7, 11) is 0. The first-order chi connectivity index (χ1) is 7.31. The summed E-state index contributed by atoms with van der Waals surface area (Å²) in [6, 6.07) is 5.25. The summed E-state index contributed by atoms with van der Waals surface area (Å²) in [4.78, 5) is 3.94. The minimum atomic E-state index is -0.932. The average Bonchev–Trinajstić information content (AvgIpc) is 2.65. The highest BCUT2D eigenvalue weighted by Gasteiger charge is 2.29. The molecule has 0 spiro atoms. The Morgan fingerprint density at radius 1 is 1.53 bits per heavy atom. The van der Waals surface area contributed by atoms with E-state index in [-0.39, 0.29) is 5.88 Å². The third kappa shape index (κ3) is 2.07. The highest BCUT2D eigenvalue weighted by atomic mass is 19.1. The van der Waals surface area contributed by atoms with Crippen molar-refractivity contribution in [1.82, 2.24) is 4.98 Å². The van der Waals surface area contributed by atoms with Crippen LogP contribution in [-0.4, -0.2) is 17.3 Å². The van der Waals surface area contributed by atoms with E-state index in [0.717, 1.165) is 6.42 Å². The summed E-state index contributed by atoms with van der Waals surface area (Å²) < 4.78 is 18.7. The first-order valence-corrected chi connectivity index (χ1v) is 4.97. The topological polar surface area (TPSA) is 45.9 Å². The zero-order valence-electron chi connectivity index (χ0n) is 8.19. The summed E-state index contributed by atoms with van der Waals surface area (Å²) in [5.74, 6) is 0.245. The highest BCUT2D eigenvalue weighted by Crippen LogP contribution is 2.27. The number of aromatic nitrogens is 1. The van der Waals surface area contributed by atoms with Crippen LogP contribution in [0.15, 0.2) is 18.3 Å². The quantitative estimate of drug-likeness (QED) is 0.745. The largest absolute Gasteiger partial charge is 0.470 e. The van der Waals surface area contributed by atoms with E-state index in [1.54, 1.807) is 18.3 Å². The van der Waals surface area contributed by atoms with Crippen molar-refractivity contribution in [3.8, 4) is 11.9 Å². The van der Waals surface area contributed by atoms with E-state index in [9.17, 15) is 4.39 Å². The van der Waals surface area contributed by atoms with Gasteiger partial charge in [0.25, 0.3) is 0 Å². The molecule has 1 aliphatic carbocycles. The SMILES string of the molecule is N#Cc1cccnc1O[C@@H]1CCC[C@H]1F. The standard InChI is InChI=1S/C11H11FN2O/c12-9-4-1-5-10(9)15-11-8(7-13)3-2-6-14-11/h2-3,6,9-10H,1,4-5H2/t9-,10-/m1/s1. The van der Waals surface area contributed by atoms with Gasteiger partial charge in [0, 0.05) is 6.20 Å². The summed E-state index contributed by atoms with van der Waals surface area (Å²) in [5, 5.41) is 8.79. The minimum Gasteiger partial charge on any atom is -0.470 e. The maximum atomic E-state index is 13.3. The fourth-order valence-electron chi connectivity index (χ4n) is 1.73. The van der Waals surface area contributed by atoms with Crippen molar-refractivity contribution in [2.45, 2.75) is 31.5 Å². The van der Waals surface area contributed by atoms with Crippen LogP contribution in [-0.2, 0) is 0 Å². The molecule has 0 amide bonds. The Balaban J connectivity index is 2.14. The van der Waals surface area contributed by atoms with Gasteiger partial charge in [0.1, 0.15) is 23.9 Å². The minimum absolute atomic E-state index is 0.245. The van der Waals surface area contributed by atoms with Crippen molar-refractivity contribution in [2.24, 2.45) is 0 Å². The second-order valence-electron chi connectivity index (χ2n) is 3.57. The highest BCUT2D eigenvalue weighted by molar-refractivity contribution is 5.37. The second-order valence-corrected chi connectivity index (χ2v) is 3.57. The van der Waals surface area contributed by atoms with E-state index < -0.39 is 12.3 Å². The molecule has 0 saturated heterocycles. The molecule has 4 heteroatoms.